The molecule has 1 aliphatic heterocycles. The molecule has 0 saturated carbocycles. The van der Waals surface area contributed by atoms with E-state index in [4.69, 9.17) is 0 Å². The third-order valence-corrected chi connectivity index (χ3v) is 4.08. The number of nitrogens with zero attached hydrogens (tertiary/aromatic N) is 1. The van der Waals surface area contributed by atoms with E-state index in [0.29, 0.717) is 12.5 Å². The van der Waals surface area contributed by atoms with Gasteiger partial charge in [-0.25, -0.2) is 0 Å². The third kappa shape index (κ3) is 4.55. The molecule has 21 heavy (non-hydrogen) atoms. The second-order valence-corrected chi connectivity index (χ2v) is 6.19. The van der Waals surface area contributed by atoms with Gasteiger partial charge in [0.15, 0.2) is 0 Å². The summed E-state index contributed by atoms with van der Waals surface area (Å²) in [7, 11) is 0. The first-order chi connectivity index (χ1) is 10.1. The number of nitrogens with one attached hydrogen (secondary N) is 1. The molecule has 1 aromatic rings. The fourth-order valence-corrected chi connectivity index (χ4v) is 2.95. The lowest BCUT2D eigenvalue weighted by molar-refractivity contribution is -0.125. The number of rotatable bonds is 5. The van der Waals surface area contributed by atoms with Gasteiger partial charge >= 0.3 is 0 Å². The number of β-amino-alcohol motifs (C(OH)–C–C–N with tert-alkyl or cyclic N) is 1. The van der Waals surface area contributed by atoms with Gasteiger partial charge in [-0.1, -0.05) is 44.2 Å². The second-order valence-electron chi connectivity index (χ2n) is 6.19. The first kappa shape index (κ1) is 16.0. The van der Waals surface area contributed by atoms with Crippen molar-refractivity contribution < 1.29 is 9.90 Å². The van der Waals surface area contributed by atoms with Crippen LogP contribution in [-0.2, 0) is 4.79 Å². The van der Waals surface area contributed by atoms with Crippen molar-refractivity contribution in [3.8, 4) is 0 Å². The predicted molar refractivity (Wildman–Crippen MR) is 84.1 cm³/mol. The Hall–Kier alpha value is -1.39. The Kier molecular flexibility index (Phi) is 5.76. The molecule has 116 valence electrons. The van der Waals surface area contributed by atoms with E-state index in [1.165, 1.54) is 5.56 Å². The molecule has 0 radical (unpaired) electrons. The molecule has 2 N–H and O–H groups in total. The Morgan fingerprint density at radius 2 is 2.05 bits per heavy atom. The first-order valence-electron chi connectivity index (χ1n) is 7.78. The van der Waals surface area contributed by atoms with Crippen LogP contribution >= 0.6 is 0 Å². The van der Waals surface area contributed by atoms with Gasteiger partial charge in [-0.05, 0) is 17.9 Å². The highest BCUT2D eigenvalue weighted by Gasteiger charge is 2.29. The molecule has 2 atom stereocenters. The van der Waals surface area contributed by atoms with Gasteiger partial charge in [0.05, 0.1) is 6.61 Å². The van der Waals surface area contributed by atoms with Crippen LogP contribution in [-0.4, -0.2) is 48.2 Å². The normalized spacial score (nSPS) is 23.2. The molecule has 1 saturated heterocycles. The minimum atomic E-state index is 0.00777. The number of benzene rings is 1. The topological polar surface area (TPSA) is 52.6 Å². The van der Waals surface area contributed by atoms with E-state index in [-0.39, 0.29) is 24.5 Å². The Bertz CT molecular complexity index is 447. The summed E-state index contributed by atoms with van der Waals surface area (Å²) < 4.78 is 0. The van der Waals surface area contributed by atoms with Crippen LogP contribution < -0.4 is 5.32 Å². The molecule has 0 aliphatic carbocycles. The summed E-state index contributed by atoms with van der Waals surface area (Å²) in [6.45, 7) is 6.42. The smallest absolute Gasteiger partial charge is 0.222 e. The quantitative estimate of drug-likeness (QED) is 0.866. The monoisotopic (exact) mass is 290 g/mol. The van der Waals surface area contributed by atoms with E-state index in [1.807, 2.05) is 19.9 Å². The molecule has 4 heteroatoms. The lowest BCUT2D eigenvalue weighted by Crippen LogP contribution is -2.51. The summed E-state index contributed by atoms with van der Waals surface area (Å²) in [5.41, 5.74) is 1.31. The zero-order valence-corrected chi connectivity index (χ0v) is 13.0. The zero-order valence-electron chi connectivity index (χ0n) is 13.0. The van der Waals surface area contributed by atoms with Gasteiger partial charge < -0.3 is 10.4 Å². The van der Waals surface area contributed by atoms with Crippen molar-refractivity contribution in [2.45, 2.75) is 32.2 Å². The SMILES string of the molecule is CC(C)C(=O)NC1CC(c2ccccc2)CN(CCO)C1. The number of hydrogen-bond donors (Lipinski definition) is 2. The van der Waals surface area contributed by atoms with E-state index in [2.05, 4.69) is 34.5 Å². The van der Waals surface area contributed by atoms with Gasteiger partial charge in [-0.2, -0.15) is 0 Å². The Morgan fingerprint density at radius 1 is 1.33 bits per heavy atom. The number of amides is 1. The van der Waals surface area contributed by atoms with Gasteiger partial charge in [-0.15, -0.1) is 0 Å². The maximum Gasteiger partial charge on any atom is 0.222 e. The Labute approximate surface area is 127 Å². The van der Waals surface area contributed by atoms with Gasteiger partial charge in [0.2, 0.25) is 5.91 Å². The van der Waals surface area contributed by atoms with Crippen LogP contribution in [0.15, 0.2) is 30.3 Å². The number of aliphatic hydroxyl groups is 1. The lowest BCUT2D eigenvalue weighted by atomic mass is 9.88. The van der Waals surface area contributed by atoms with Crippen LogP contribution in [0.5, 0.6) is 0 Å². The third-order valence-electron chi connectivity index (χ3n) is 4.08. The van der Waals surface area contributed by atoms with Crippen LogP contribution in [0.2, 0.25) is 0 Å². The summed E-state index contributed by atoms with van der Waals surface area (Å²) in [5, 5.41) is 12.3. The molecule has 0 spiro atoms. The minimum absolute atomic E-state index is 0.00777. The van der Waals surface area contributed by atoms with Gasteiger partial charge in [-0.3, -0.25) is 9.69 Å². The minimum Gasteiger partial charge on any atom is -0.395 e. The maximum atomic E-state index is 11.9. The van der Waals surface area contributed by atoms with E-state index >= 15 is 0 Å². The molecule has 1 aromatic carbocycles. The molecule has 4 nitrogen and oxygen atoms in total. The van der Waals surface area contributed by atoms with Crippen molar-refractivity contribution in [2.75, 3.05) is 26.2 Å². The average molecular weight is 290 g/mol. The number of carbonyl (C=O) groups is 1. The van der Waals surface area contributed by atoms with Crippen molar-refractivity contribution in [3.05, 3.63) is 35.9 Å². The largest absolute Gasteiger partial charge is 0.395 e. The van der Waals surface area contributed by atoms with Crippen molar-refractivity contribution in [1.82, 2.24) is 10.2 Å². The summed E-state index contributed by atoms with van der Waals surface area (Å²) >= 11 is 0. The van der Waals surface area contributed by atoms with Crippen molar-refractivity contribution >= 4 is 5.91 Å². The number of hydrogen-bond acceptors (Lipinski definition) is 3. The van der Waals surface area contributed by atoms with Crippen LogP contribution in [0, 0.1) is 5.92 Å². The van der Waals surface area contributed by atoms with E-state index in [1.54, 1.807) is 0 Å². The number of piperidine rings is 1. The summed E-state index contributed by atoms with van der Waals surface area (Å²) in [6.07, 6.45) is 0.963. The zero-order chi connectivity index (χ0) is 15.2. The highest BCUT2D eigenvalue weighted by atomic mass is 16.3. The lowest BCUT2D eigenvalue weighted by Gasteiger charge is -2.38. The number of aliphatic hydroxyl groups excluding tert-OH is 1. The predicted octanol–water partition coefficient (Wildman–Crippen LogP) is 1.61. The second kappa shape index (κ2) is 7.57. The molecular formula is C17H26N2O2. The standard InChI is InChI=1S/C17H26N2O2/c1-13(2)17(21)18-16-10-15(11-19(12-16)8-9-20)14-6-4-3-5-7-14/h3-7,13,15-16,20H,8-12H2,1-2H3,(H,18,21). The van der Waals surface area contributed by atoms with Crippen molar-refractivity contribution in [2.24, 2.45) is 5.92 Å². The molecular weight excluding hydrogens is 264 g/mol. The maximum absolute atomic E-state index is 11.9. The van der Waals surface area contributed by atoms with Crippen molar-refractivity contribution in [3.63, 3.8) is 0 Å². The van der Waals surface area contributed by atoms with Crippen LogP contribution in [0.1, 0.15) is 31.7 Å². The highest BCUT2D eigenvalue weighted by molar-refractivity contribution is 5.78. The molecule has 0 aromatic heterocycles. The fraction of sp³-hybridized carbons (Fsp3) is 0.588. The molecule has 1 amide bonds. The van der Waals surface area contributed by atoms with Crippen molar-refractivity contribution in [1.29, 1.82) is 0 Å². The Balaban J connectivity index is 2.06. The average Bonchev–Trinajstić information content (AvgIpc) is 2.48. The van der Waals surface area contributed by atoms with E-state index in [9.17, 15) is 9.90 Å². The van der Waals surface area contributed by atoms with Gasteiger partial charge in [0.1, 0.15) is 0 Å². The van der Waals surface area contributed by atoms with Gasteiger partial charge in [0, 0.05) is 31.6 Å². The van der Waals surface area contributed by atoms with Gasteiger partial charge in [0.25, 0.3) is 0 Å². The number of carbonyl (C=O) groups excluding carboxylic acids is 1. The molecule has 1 heterocycles. The molecule has 0 bridgehead atoms. The summed E-state index contributed by atoms with van der Waals surface area (Å²) in [4.78, 5) is 14.2. The molecule has 2 unspecified atom stereocenters. The molecule has 2 rings (SSSR count). The van der Waals surface area contributed by atoms with Crippen LogP contribution in [0.25, 0.3) is 0 Å². The summed E-state index contributed by atoms with van der Waals surface area (Å²) in [5.74, 6) is 0.523. The number of likely N-dealkylation sites (tertiary alicyclic amines) is 1. The Morgan fingerprint density at radius 3 is 2.67 bits per heavy atom. The van der Waals surface area contributed by atoms with E-state index in [0.717, 1.165) is 19.5 Å². The summed E-state index contributed by atoms with van der Waals surface area (Å²) in [6, 6.07) is 10.6. The molecule has 1 fully saturated rings. The fourth-order valence-electron chi connectivity index (χ4n) is 2.95. The highest BCUT2D eigenvalue weighted by Crippen LogP contribution is 2.27. The molecule has 1 aliphatic rings. The van der Waals surface area contributed by atoms with E-state index < -0.39 is 0 Å². The van der Waals surface area contributed by atoms with Crippen LogP contribution in [0.4, 0.5) is 0 Å². The first-order valence-corrected chi connectivity index (χ1v) is 7.78. The van der Waals surface area contributed by atoms with Crippen LogP contribution in [0.3, 0.4) is 0 Å².